The van der Waals surface area contributed by atoms with Gasteiger partial charge in [0.2, 0.25) is 0 Å². The normalized spacial score (nSPS) is 9.07. The van der Waals surface area contributed by atoms with E-state index in [4.69, 9.17) is 11.2 Å². The van der Waals surface area contributed by atoms with Crippen LogP contribution < -0.4 is 0 Å². The SMILES string of the molecule is C#CC(=O)OCCCc1ccccc1. The van der Waals surface area contributed by atoms with E-state index in [9.17, 15) is 4.79 Å². The maximum absolute atomic E-state index is 10.6. The lowest BCUT2D eigenvalue weighted by molar-refractivity contribution is -0.136. The molecule has 0 aliphatic carbocycles. The van der Waals surface area contributed by atoms with Crippen LogP contribution in [0.1, 0.15) is 12.0 Å². The first kappa shape index (κ1) is 10.3. The highest BCUT2D eigenvalue weighted by Crippen LogP contribution is 2.02. The van der Waals surface area contributed by atoms with Crippen LogP contribution in [0.5, 0.6) is 0 Å². The zero-order valence-corrected chi connectivity index (χ0v) is 7.90. The number of hydrogen-bond acceptors (Lipinski definition) is 2. The summed E-state index contributed by atoms with van der Waals surface area (Å²) in [5.41, 5.74) is 1.24. The molecular weight excluding hydrogens is 176 g/mol. The highest BCUT2D eigenvalue weighted by Gasteiger charge is 1.96. The average Bonchev–Trinajstić information content (AvgIpc) is 2.25. The summed E-state index contributed by atoms with van der Waals surface area (Å²) >= 11 is 0. The molecule has 0 spiro atoms. The second kappa shape index (κ2) is 5.82. The molecular formula is C12H12O2. The van der Waals surface area contributed by atoms with Crippen LogP contribution in [-0.4, -0.2) is 12.6 Å². The fourth-order valence-electron chi connectivity index (χ4n) is 1.13. The third-order valence-electron chi connectivity index (χ3n) is 1.80. The number of aryl methyl sites for hydroxylation is 1. The number of rotatable bonds is 4. The van der Waals surface area contributed by atoms with E-state index < -0.39 is 5.97 Å². The summed E-state index contributed by atoms with van der Waals surface area (Å²) in [6, 6.07) is 10.0. The third kappa shape index (κ3) is 3.77. The molecule has 2 heteroatoms. The summed E-state index contributed by atoms with van der Waals surface area (Å²) < 4.78 is 4.74. The van der Waals surface area contributed by atoms with Crippen molar-refractivity contribution in [1.29, 1.82) is 0 Å². The van der Waals surface area contributed by atoms with Gasteiger partial charge in [0, 0.05) is 5.92 Å². The van der Waals surface area contributed by atoms with Gasteiger partial charge in [0.1, 0.15) is 0 Å². The molecule has 1 aromatic carbocycles. The Bertz CT molecular complexity index is 322. The average molecular weight is 188 g/mol. The van der Waals surface area contributed by atoms with E-state index in [1.54, 1.807) is 0 Å². The summed E-state index contributed by atoms with van der Waals surface area (Å²) in [7, 11) is 0. The lowest BCUT2D eigenvalue weighted by Crippen LogP contribution is -2.03. The molecule has 0 radical (unpaired) electrons. The molecule has 0 atom stereocenters. The maximum Gasteiger partial charge on any atom is 0.384 e. The smallest absolute Gasteiger partial charge is 0.384 e. The van der Waals surface area contributed by atoms with Crippen LogP contribution in [0.2, 0.25) is 0 Å². The van der Waals surface area contributed by atoms with Gasteiger partial charge in [-0.2, -0.15) is 0 Å². The van der Waals surface area contributed by atoms with Crippen molar-refractivity contribution in [2.24, 2.45) is 0 Å². The van der Waals surface area contributed by atoms with Crippen molar-refractivity contribution in [2.45, 2.75) is 12.8 Å². The van der Waals surface area contributed by atoms with Crippen LogP contribution in [0.15, 0.2) is 30.3 Å². The maximum atomic E-state index is 10.6. The molecule has 2 nitrogen and oxygen atoms in total. The van der Waals surface area contributed by atoms with Crippen molar-refractivity contribution >= 4 is 5.97 Å². The Kier molecular flexibility index (Phi) is 4.30. The Morgan fingerprint density at radius 1 is 1.36 bits per heavy atom. The standard InChI is InChI=1S/C12H12O2/c1-2-12(13)14-10-6-9-11-7-4-3-5-8-11/h1,3-5,7-8H,6,9-10H2. The van der Waals surface area contributed by atoms with Gasteiger partial charge in [-0.05, 0) is 18.4 Å². The summed E-state index contributed by atoms with van der Waals surface area (Å²) in [6.07, 6.45) is 6.55. The van der Waals surface area contributed by atoms with E-state index in [1.807, 2.05) is 36.3 Å². The van der Waals surface area contributed by atoms with Crippen molar-refractivity contribution in [3.8, 4) is 12.3 Å². The van der Waals surface area contributed by atoms with Crippen LogP contribution in [0.3, 0.4) is 0 Å². The van der Waals surface area contributed by atoms with Gasteiger partial charge in [-0.1, -0.05) is 30.3 Å². The van der Waals surface area contributed by atoms with E-state index in [0.29, 0.717) is 6.61 Å². The molecule has 0 saturated heterocycles. The van der Waals surface area contributed by atoms with E-state index in [1.165, 1.54) is 5.56 Å². The zero-order chi connectivity index (χ0) is 10.2. The van der Waals surface area contributed by atoms with Gasteiger partial charge in [0.25, 0.3) is 0 Å². The molecule has 72 valence electrons. The Balaban J connectivity index is 2.17. The summed E-state index contributed by atoms with van der Waals surface area (Å²) in [6.45, 7) is 0.387. The monoisotopic (exact) mass is 188 g/mol. The number of ether oxygens (including phenoxy) is 1. The fraction of sp³-hybridized carbons (Fsp3) is 0.250. The topological polar surface area (TPSA) is 26.3 Å². The molecule has 0 aliphatic heterocycles. The summed E-state index contributed by atoms with van der Waals surface area (Å²) in [5.74, 6) is 1.32. The Hall–Kier alpha value is -1.75. The minimum Gasteiger partial charge on any atom is -0.456 e. The van der Waals surface area contributed by atoms with E-state index in [2.05, 4.69) is 0 Å². The number of carbonyl (C=O) groups excluding carboxylic acids is 1. The van der Waals surface area contributed by atoms with Crippen LogP contribution in [0.25, 0.3) is 0 Å². The molecule has 0 fully saturated rings. The first-order valence-corrected chi connectivity index (χ1v) is 4.50. The molecule has 0 unspecified atom stereocenters. The predicted octanol–water partition coefficient (Wildman–Crippen LogP) is 1.80. The van der Waals surface area contributed by atoms with Gasteiger partial charge in [-0.15, -0.1) is 6.42 Å². The molecule has 0 heterocycles. The lowest BCUT2D eigenvalue weighted by atomic mass is 10.1. The van der Waals surface area contributed by atoms with E-state index >= 15 is 0 Å². The van der Waals surface area contributed by atoms with Crippen molar-refractivity contribution in [1.82, 2.24) is 0 Å². The van der Waals surface area contributed by atoms with Crippen molar-refractivity contribution in [2.75, 3.05) is 6.61 Å². The number of hydrogen-bond donors (Lipinski definition) is 0. The molecule has 0 amide bonds. The highest BCUT2D eigenvalue weighted by molar-refractivity contribution is 5.87. The van der Waals surface area contributed by atoms with E-state index in [0.717, 1.165) is 12.8 Å². The van der Waals surface area contributed by atoms with Gasteiger partial charge in [-0.25, -0.2) is 4.79 Å². The minimum absolute atomic E-state index is 0.387. The second-order valence-electron chi connectivity index (χ2n) is 2.87. The lowest BCUT2D eigenvalue weighted by Gasteiger charge is -2.01. The van der Waals surface area contributed by atoms with Crippen molar-refractivity contribution < 1.29 is 9.53 Å². The zero-order valence-electron chi connectivity index (χ0n) is 7.90. The highest BCUT2D eigenvalue weighted by atomic mass is 16.5. The van der Waals surface area contributed by atoms with Crippen LogP contribution in [-0.2, 0) is 16.0 Å². The van der Waals surface area contributed by atoms with Gasteiger partial charge < -0.3 is 4.74 Å². The first-order valence-electron chi connectivity index (χ1n) is 4.50. The van der Waals surface area contributed by atoms with Crippen molar-refractivity contribution in [3.63, 3.8) is 0 Å². The number of esters is 1. The van der Waals surface area contributed by atoms with E-state index in [-0.39, 0.29) is 0 Å². The molecule has 1 rings (SSSR count). The largest absolute Gasteiger partial charge is 0.456 e. The van der Waals surface area contributed by atoms with Gasteiger partial charge in [0.15, 0.2) is 0 Å². The predicted molar refractivity (Wildman–Crippen MR) is 54.6 cm³/mol. The third-order valence-corrected chi connectivity index (χ3v) is 1.80. The number of terminal acetylenes is 1. The Labute approximate surface area is 83.9 Å². The molecule has 14 heavy (non-hydrogen) atoms. The van der Waals surface area contributed by atoms with Crippen LogP contribution >= 0.6 is 0 Å². The Morgan fingerprint density at radius 3 is 2.71 bits per heavy atom. The Morgan fingerprint density at radius 2 is 2.07 bits per heavy atom. The molecule has 0 N–H and O–H groups in total. The number of carbonyl (C=O) groups is 1. The van der Waals surface area contributed by atoms with Crippen LogP contribution in [0, 0.1) is 12.3 Å². The quantitative estimate of drug-likeness (QED) is 0.312. The summed E-state index contributed by atoms with van der Waals surface area (Å²) in [4.78, 5) is 10.6. The second-order valence-corrected chi connectivity index (χ2v) is 2.87. The fourth-order valence-corrected chi connectivity index (χ4v) is 1.13. The van der Waals surface area contributed by atoms with Crippen LogP contribution in [0.4, 0.5) is 0 Å². The molecule has 0 bridgehead atoms. The molecule has 0 saturated carbocycles. The van der Waals surface area contributed by atoms with Gasteiger partial charge in [-0.3, -0.25) is 0 Å². The summed E-state index contributed by atoms with van der Waals surface area (Å²) in [5, 5.41) is 0. The van der Waals surface area contributed by atoms with Gasteiger partial charge >= 0.3 is 5.97 Å². The molecule has 0 aromatic heterocycles. The minimum atomic E-state index is -0.585. The first-order chi connectivity index (χ1) is 6.83. The van der Waals surface area contributed by atoms with Gasteiger partial charge in [0.05, 0.1) is 6.61 Å². The number of benzene rings is 1. The van der Waals surface area contributed by atoms with Crippen molar-refractivity contribution in [3.05, 3.63) is 35.9 Å². The molecule has 0 aliphatic rings. The molecule has 1 aromatic rings.